The third-order valence-electron chi connectivity index (χ3n) is 3.87. The first kappa shape index (κ1) is 18.6. The maximum absolute atomic E-state index is 12.4. The van der Waals surface area contributed by atoms with Gasteiger partial charge in [0.05, 0.1) is 0 Å². The van der Waals surface area contributed by atoms with Gasteiger partial charge >= 0.3 is 0 Å². The topological polar surface area (TPSA) is 38.3 Å². The second-order valence-electron chi connectivity index (χ2n) is 5.75. The zero-order valence-corrected chi connectivity index (χ0v) is 15.5. The Hall–Kier alpha value is -1.71. The Morgan fingerprint density at radius 1 is 1.12 bits per heavy atom. The van der Waals surface area contributed by atoms with Crippen LogP contribution in [0, 0.1) is 0 Å². The highest BCUT2D eigenvalue weighted by Gasteiger charge is 2.18. The lowest BCUT2D eigenvalue weighted by Crippen LogP contribution is -2.30. The highest BCUT2D eigenvalue weighted by Crippen LogP contribution is 2.29. The second-order valence-corrected chi connectivity index (χ2v) is 6.63. The van der Waals surface area contributed by atoms with Crippen molar-refractivity contribution in [3.05, 3.63) is 58.1 Å². The molecule has 2 unspecified atom stereocenters. The molecule has 0 radical (unpaired) electrons. The summed E-state index contributed by atoms with van der Waals surface area (Å²) < 4.78 is 5.88. The molecule has 0 bridgehead atoms. The average molecular weight is 366 g/mol. The number of benzene rings is 2. The summed E-state index contributed by atoms with van der Waals surface area (Å²) >= 11 is 11.9. The highest BCUT2D eigenvalue weighted by molar-refractivity contribution is 6.35. The van der Waals surface area contributed by atoms with Gasteiger partial charge in [-0.1, -0.05) is 55.2 Å². The minimum atomic E-state index is -0.645. The van der Waals surface area contributed by atoms with Gasteiger partial charge in [-0.05, 0) is 49.1 Å². The maximum Gasteiger partial charge on any atom is 0.265 e. The van der Waals surface area contributed by atoms with Crippen molar-refractivity contribution in [3.8, 4) is 5.75 Å². The van der Waals surface area contributed by atoms with Gasteiger partial charge in [-0.15, -0.1) is 0 Å². The van der Waals surface area contributed by atoms with E-state index in [1.54, 1.807) is 25.1 Å². The maximum atomic E-state index is 12.4. The van der Waals surface area contributed by atoms with Gasteiger partial charge in [-0.3, -0.25) is 4.79 Å². The summed E-state index contributed by atoms with van der Waals surface area (Å²) in [5.74, 6) is 0.842. The molecule has 2 aromatic carbocycles. The fourth-order valence-corrected chi connectivity index (χ4v) is 2.85. The molecule has 0 aliphatic rings. The molecule has 0 heterocycles. The van der Waals surface area contributed by atoms with Crippen LogP contribution in [0.1, 0.15) is 38.7 Å². The predicted octanol–water partition coefficient (Wildman–Crippen LogP) is 5.91. The standard InChI is InChI=1S/C19H21Cl2NO2/c1-4-12(2)17-7-5-6-8-18(17)24-13(3)19(23)22-16-10-14(20)9-15(21)11-16/h5-13H,4H2,1-3H3,(H,22,23). The van der Waals surface area contributed by atoms with Crippen molar-refractivity contribution in [2.24, 2.45) is 0 Å². The van der Waals surface area contributed by atoms with Gasteiger partial charge in [-0.25, -0.2) is 0 Å². The van der Waals surface area contributed by atoms with E-state index in [9.17, 15) is 4.79 Å². The summed E-state index contributed by atoms with van der Waals surface area (Å²) in [4.78, 5) is 12.4. The van der Waals surface area contributed by atoms with Crippen molar-refractivity contribution in [2.45, 2.75) is 39.2 Å². The molecule has 5 heteroatoms. The Bertz CT molecular complexity index is 698. The molecule has 3 nitrogen and oxygen atoms in total. The third kappa shape index (κ3) is 4.89. The van der Waals surface area contributed by atoms with E-state index >= 15 is 0 Å². The van der Waals surface area contributed by atoms with Crippen LogP contribution in [-0.4, -0.2) is 12.0 Å². The number of hydrogen-bond acceptors (Lipinski definition) is 2. The number of halogens is 2. The summed E-state index contributed by atoms with van der Waals surface area (Å²) in [5, 5.41) is 3.71. The number of ether oxygens (including phenoxy) is 1. The molecule has 0 saturated heterocycles. The van der Waals surface area contributed by atoms with Gasteiger partial charge in [0, 0.05) is 15.7 Å². The molecule has 2 atom stereocenters. The lowest BCUT2D eigenvalue weighted by Gasteiger charge is -2.19. The van der Waals surface area contributed by atoms with E-state index in [0.29, 0.717) is 21.7 Å². The Morgan fingerprint density at radius 2 is 1.75 bits per heavy atom. The highest BCUT2D eigenvalue weighted by atomic mass is 35.5. The summed E-state index contributed by atoms with van der Waals surface area (Å²) in [6.07, 6.45) is 0.357. The fourth-order valence-electron chi connectivity index (χ4n) is 2.33. The normalized spacial score (nSPS) is 13.2. The Kier molecular flexibility index (Phi) is 6.52. The summed E-state index contributed by atoms with van der Waals surface area (Å²) in [7, 11) is 0. The van der Waals surface area contributed by atoms with E-state index in [2.05, 4.69) is 19.2 Å². The van der Waals surface area contributed by atoms with E-state index in [0.717, 1.165) is 17.7 Å². The van der Waals surface area contributed by atoms with E-state index in [1.807, 2.05) is 24.3 Å². The molecule has 0 fully saturated rings. The Balaban J connectivity index is 2.09. The molecule has 1 amide bonds. The molecule has 128 valence electrons. The van der Waals surface area contributed by atoms with Crippen molar-refractivity contribution in [2.75, 3.05) is 5.32 Å². The number of para-hydroxylation sites is 1. The zero-order valence-electron chi connectivity index (χ0n) is 14.0. The van der Waals surface area contributed by atoms with Crippen LogP contribution in [0.15, 0.2) is 42.5 Å². The molecule has 0 aliphatic carbocycles. The smallest absolute Gasteiger partial charge is 0.265 e. The SMILES string of the molecule is CCC(C)c1ccccc1OC(C)C(=O)Nc1cc(Cl)cc(Cl)c1. The third-order valence-corrected chi connectivity index (χ3v) is 4.30. The molecule has 24 heavy (non-hydrogen) atoms. The first-order valence-corrected chi connectivity index (χ1v) is 8.68. The molecule has 0 aliphatic heterocycles. The van der Waals surface area contributed by atoms with Crippen LogP contribution in [0.3, 0.4) is 0 Å². The van der Waals surface area contributed by atoms with Crippen LogP contribution < -0.4 is 10.1 Å². The minimum absolute atomic E-state index is 0.257. The molecule has 2 aromatic rings. The van der Waals surface area contributed by atoms with Crippen molar-refractivity contribution < 1.29 is 9.53 Å². The summed E-state index contributed by atoms with van der Waals surface area (Å²) in [6.45, 7) is 5.98. The summed E-state index contributed by atoms with van der Waals surface area (Å²) in [6, 6.07) is 12.7. The molecule has 0 aromatic heterocycles. The largest absolute Gasteiger partial charge is 0.481 e. The number of anilines is 1. The van der Waals surface area contributed by atoms with Crippen LogP contribution in [0.4, 0.5) is 5.69 Å². The van der Waals surface area contributed by atoms with Crippen LogP contribution >= 0.6 is 23.2 Å². The van der Waals surface area contributed by atoms with Gasteiger partial charge < -0.3 is 10.1 Å². The lowest BCUT2D eigenvalue weighted by atomic mass is 9.98. The predicted molar refractivity (Wildman–Crippen MR) is 100 cm³/mol. The molecule has 0 spiro atoms. The molecular formula is C19H21Cl2NO2. The first-order chi connectivity index (χ1) is 11.4. The monoisotopic (exact) mass is 365 g/mol. The van der Waals surface area contributed by atoms with Crippen LogP contribution in [0.5, 0.6) is 5.75 Å². The number of rotatable bonds is 6. The first-order valence-electron chi connectivity index (χ1n) is 7.93. The van der Waals surface area contributed by atoms with Crippen molar-refractivity contribution in [1.82, 2.24) is 0 Å². The van der Waals surface area contributed by atoms with Gasteiger partial charge in [-0.2, -0.15) is 0 Å². The molecule has 1 N–H and O–H groups in total. The quantitative estimate of drug-likeness (QED) is 0.690. The fraction of sp³-hybridized carbons (Fsp3) is 0.316. The number of carbonyl (C=O) groups excluding carboxylic acids is 1. The molecule has 0 saturated carbocycles. The second kappa shape index (κ2) is 8.41. The van der Waals surface area contributed by atoms with Crippen LogP contribution in [-0.2, 0) is 4.79 Å². The average Bonchev–Trinajstić information content (AvgIpc) is 2.53. The van der Waals surface area contributed by atoms with Crippen LogP contribution in [0.25, 0.3) is 0 Å². The summed E-state index contributed by atoms with van der Waals surface area (Å²) in [5.41, 5.74) is 1.65. The minimum Gasteiger partial charge on any atom is -0.481 e. The van der Waals surface area contributed by atoms with Gasteiger partial charge in [0.2, 0.25) is 0 Å². The Labute approximate surface area is 152 Å². The van der Waals surface area contributed by atoms with Gasteiger partial charge in [0.1, 0.15) is 5.75 Å². The number of nitrogens with one attached hydrogen (secondary N) is 1. The van der Waals surface area contributed by atoms with E-state index in [1.165, 1.54) is 0 Å². The Morgan fingerprint density at radius 3 is 2.38 bits per heavy atom. The van der Waals surface area contributed by atoms with E-state index < -0.39 is 6.10 Å². The van der Waals surface area contributed by atoms with Crippen molar-refractivity contribution in [1.29, 1.82) is 0 Å². The zero-order chi connectivity index (χ0) is 17.7. The number of hydrogen-bond donors (Lipinski definition) is 1. The van der Waals surface area contributed by atoms with Crippen molar-refractivity contribution >= 4 is 34.8 Å². The van der Waals surface area contributed by atoms with Gasteiger partial charge in [0.25, 0.3) is 5.91 Å². The lowest BCUT2D eigenvalue weighted by molar-refractivity contribution is -0.122. The van der Waals surface area contributed by atoms with E-state index in [-0.39, 0.29) is 5.91 Å². The van der Waals surface area contributed by atoms with Crippen molar-refractivity contribution in [3.63, 3.8) is 0 Å². The number of carbonyl (C=O) groups is 1. The number of amides is 1. The van der Waals surface area contributed by atoms with Crippen LogP contribution in [0.2, 0.25) is 10.0 Å². The molecule has 2 rings (SSSR count). The van der Waals surface area contributed by atoms with Gasteiger partial charge in [0.15, 0.2) is 6.10 Å². The molecular weight excluding hydrogens is 345 g/mol. The van der Waals surface area contributed by atoms with E-state index in [4.69, 9.17) is 27.9 Å².